The molecule has 0 saturated carbocycles. The number of ether oxygens (including phenoxy) is 1. The number of allylic oxidation sites excluding steroid dienone is 4. The van der Waals surface area contributed by atoms with Crippen molar-refractivity contribution in [2.75, 3.05) is 6.61 Å². The van der Waals surface area contributed by atoms with Crippen LogP contribution in [0.15, 0.2) is 84.6 Å². The first-order valence-corrected chi connectivity index (χ1v) is 9.21. The molecule has 0 aliphatic rings. The third-order valence-electron chi connectivity index (χ3n) is 4.40. The summed E-state index contributed by atoms with van der Waals surface area (Å²) < 4.78 is 45.8. The van der Waals surface area contributed by atoms with Gasteiger partial charge in [-0.3, -0.25) is 0 Å². The van der Waals surface area contributed by atoms with Crippen molar-refractivity contribution in [2.24, 2.45) is 0 Å². The second kappa shape index (κ2) is 11.3. The van der Waals surface area contributed by atoms with Crippen LogP contribution in [0, 0.1) is 0 Å². The van der Waals surface area contributed by atoms with Crippen molar-refractivity contribution >= 4 is 0 Å². The van der Waals surface area contributed by atoms with Crippen molar-refractivity contribution in [1.29, 1.82) is 0 Å². The van der Waals surface area contributed by atoms with Gasteiger partial charge in [-0.1, -0.05) is 43.0 Å². The lowest BCUT2D eigenvalue weighted by molar-refractivity contribution is -0.138. The van der Waals surface area contributed by atoms with E-state index in [-0.39, 0.29) is 35.9 Å². The van der Waals surface area contributed by atoms with Crippen LogP contribution in [-0.4, -0.2) is 28.0 Å². The number of hydrogen-bond acceptors (Lipinski definition) is 4. The van der Waals surface area contributed by atoms with Crippen LogP contribution in [-0.2, 0) is 10.9 Å². The SMILES string of the molecule is C=CC(=C)OCC(c1ccccc1C(F)(F)F)C(O)C/C(C)=C/C=C(O)\C(O)=C/C. The highest BCUT2D eigenvalue weighted by atomic mass is 19.4. The van der Waals surface area contributed by atoms with E-state index in [0.717, 1.165) is 6.07 Å². The van der Waals surface area contributed by atoms with Gasteiger partial charge in [0.05, 0.1) is 18.3 Å². The number of aliphatic hydroxyl groups is 3. The smallest absolute Gasteiger partial charge is 0.416 e. The fourth-order valence-electron chi connectivity index (χ4n) is 2.74. The fraction of sp³-hybridized carbons (Fsp3) is 0.304. The highest BCUT2D eigenvalue weighted by molar-refractivity contribution is 5.34. The van der Waals surface area contributed by atoms with Crippen LogP contribution in [0.25, 0.3) is 0 Å². The predicted octanol–water partition coefficient (Wildman–Crippen LogP) is 6.11. The Morgan fingerprint density at radius 1 is 1.17 bits per heavy atom. The molecule has 164 valence electrons. The van der Waals surface area contributed by atoms with Crippen molar-refractivity contribution in [3.63, 3.8) is 0 Å². The van der Waals surface area contributed by atoms with Gasteiger partial charge in [-0.25, -0.2) is 0 Å². The molecule has 0 heterocycles. The van der Waals surface area contributed by atoms with Gasteiger partial charge in [-0.05, 0) is 50.1 Å². The normalized spacial score (nSPS) is 15.5. The molecule has 0 aliphatic heterocycles. The number of benzene rings is 1. The third-order valence-corrected chi connectivity index (χ3v) is 4.40. The van der Waals surface area contributed by atoms with E-state index < -0.39 is 23.8 Å². The van der Waals surface area contributed by atoms with Crippen molar-refractivity contribution in [1.82, 2.24) is 0 Å². The average Bonchev–Trinajstić information content (AvgIpc) is 2.70. The Morgan fingerprint density at radius 3 is 2.37 bits per heavy atom. The molecule has 2 atom stereocenters. The molecule has 0 fully saturated rings. The molecule has 0 radical (unpaired) electrons. The van der Waals surface area contributed by atoms with Gasteiger partial charge in [-0.2, -0.15) is 13.2 Å². The Hall–Kier alpha value is -2.93. The molecule has 1 rings (SSSR count). The van der Waals surface area contributed by atoms with E-state index in [1.165, 1.54) is 42.5 Å². The third kappa shape index (κ3) is 7.48. The van der Waals surface area contributed by atoms with E-state index in [9.17, 15) is 28.5 Å². The van der Waals surface area contributed by atoms with Gasteiger partial charge < -0.3 is 20.1 Å². The predicted molar refractivity (Wildman–Crippen MR) is 111 cm³/mol. The van der Waals surface area contributed by atoms with Gasteiger partial charge in [0, 0.05) is 5.92 Å². The molecule has 0 bridgehead atoms. The number of rotatable bonds is 10. The lowest BCUT2D eigenvalue weighted by Crippen LogP contribution is -2.26. The highest BCUT2D eigenvalue weighted by Gasteiger charge is 2.36. The average molecular weight is 424 g/mol. The van der Waals surface area contributed by atoms with Crippen LogP contribution < -0.4 is 0 Å². The van der Waals surface area contributed by atoms with Crippen molar-refractivity contribution in [2.45, 2.75) is 38.5 Å². The minimum atomic E-state index is -4.59. The van der Waals surface area contributed by atoms with Gasteiger partial charge in [0.2, 0.25) is 0 Å². The van der Waals surface area contributed by atoms with Crippen LogP contribution in [0.1, 0.15) is 37.3 Å². The minimum absolute atomic E-state index is 0.0150. The summed E-state index contributed by atoms with van der Waals surface area (Å²) in [6.45, 7) is 10.0. The van der Waals surface area contributed by atoms with E-state index in [0.29, 0.717) is 5.57 Å². The molecule has 1 aromatic rings. The van der Waals surface area contributed by atoms with Crippen molar-refractivity contribution in [3.05, 3.63) is 95.7 Å². The monoisotopic (exact) mass is 424 g/mol. The van der Waals surface area contributed by atoms with E-state index in [1.54, 1.807) is 13.8 Å². The van der Waals surface area contributed by atoms with E-state index in [1.807, 2.05) is 0 Å². The number of hydrogen-bond donors (Lipinski definition) is 3. The quantitative estimate of drug-likeness (QED) is 0.313. The van der Waals surface area contributed by atoms with Gasteiger partial charge in [0.1, 0.15) is 5.76 Å². The maximum absolute atomic E-state index is 13.5. The minimum Gasteiger partial charge on any atom is -0.504 e. The molecule has 0 saturated heterocycles. The molecule has 7 heteroatoms. The Morgan fingerprint density at radius 2 is 1.80 bits per heavy atom. The number of alkyl halides is 3. The molecular formula is C23H27F3O4. The van der Waals surface area contributed by atoms with E-state index in [2.05, 4.69) is 13.2 Å². The topological polar surface area (TPSA) is 69.9 Å². The molecule has 30 heavy (non-hydrogen) atoms. The summed E-state index contributed by atoms with van der Waals surface area (Å²) in [4.78, 5) is 0. The Balaban J connectivity index is 3.21. The molecular weight excluding hydrogens is 397 g/mol. The summed E-state index contributed by atoms with van der Waals surface area (Å²) >= 11 is 0. The van der Waals surface area contributed by atoms with Crippen LogP contribution in [0.3, 0.4) is 0 Å². The number of halogens is 3. The first-order chi connectivity index (χ1) is 14.0. The van der Waals surface area contributed by atoms with Crippen molar-refractivity contribution in [3.8, 4) is 0 Å². The zero-order valence-electron chi connectivity index (χ0n) is 17.0. The molecule has 0 amide bonds. The standard InChI is InChI=1S/C23H27F3O4/c1-5-16(4)30-14-18(17-9-7-8-10-19(17)23(24,25)26)22(29)13-15(3)11-12-21(28)20(27)6-2/h5-12,18,22,27-29H,1,4,13-14H2,2-3H3/b15-11+,20-6+,21-12+. The maximum atomic E-state index is 13.5. The summed E-state index contributed by atoms with van der Waals surface area (Å²) in [5.74, 6) is -1.49. The Labute approximate surface area is 174 Å². The van der Waals surface area contributed by atoms with Crippen LogP contribution >= 0.6 is 0 Å². The first-order valence-electron chi connectivity index (χ1n) is 9.21. The lowest BCUT2D eigenvalue weighted by Gasteiger charge is -2.26. The second-order valence-electron chi connectivity index (χ2n) is 6.68. The summed E-state index contributed by atoms with van der Waals surface area (Å²) in [6.07, 6.45) is -0.452. The largest absolute Gasteiger partial charge is 0.504 e. The summed E-state index contributed by atoms with van der Waals surface area (Å²) in [7, 11) is 0. The number of aliphatic hydroxyl groups excluding tert-OH is 3. The molecule has 3 N–H and O–H groups in total. The Bertz CT molecular complexity index is 835. The van der Waals surface area contributed by atoms with Crippen LogP contribution in [0.4, 0.5) is 13.2 Å². The lowest BCUT2D eigenvalue weighted by atomic mass is 9.87. The Kier molecular flexibility index (Phi) is 9.46. The molecule has 4 nitrogen and oxygen atoms in total. The second-order valence-corrected chi connectivity index (χ2v) is 6.68. The zero-order chi connectivity index (χ0) is 22.9. The van der Waals surface area contributed by atoms with Crippen molar-refractivity contribution < 1.29 is 33.2 Å². The van der Waals surface area contributed by atoms with Crippen LogP contribution in [0.5, 0.6) is 0 Å². The molecule has 0 spiro atoms. The molecule has 0 aromatic heterocycles. The van der Waals surface area contributed by atoms with Gasteiger partial charge >= 0.3 is 6.18 Å². The van der Waals surface area contributed by atoms with E-state index in [4.69, 9.17) is 4.74 Å². The first kappa shape index (κ1) is 25.1. The fourth-order valence-corrected chi connectivity index (χ4v) is 2.74. The summed E-state index contributed by atoms with van der Waals surface area (Å²) in [6, 6.07) is 5.02. The van der Waals surface area contributed by atoms with Crippen LogP contribution in [0.2, 0.25) is 0 Å². The van der Waals surface area contributed by atoms with Gasteiger partial charge in [-0.15, -0.1) is 0 Å². The van der Waals surface area contributed by atoms with Gasteiger partial charge in [0.25, 0.3) is 0 Å². The molecule has 2 unspecified atom stereocenters. The van der Waals surface area contributed by atoms with E-state index >= 15 is 0 Å². The van der Waals surface area contributed by atoms with Gasteiger partial charge in [0.15, 0.2) is 11.5 Å². The zero-order valence-corrected chi connectivity index (χ0v) is 17.0. The summed E-state index contributed by atoms with van der Waals surface area (Å²) in [5.41, 5.74) is -0.360. The maximum Gasteiger partial charge on any atom is 0.416 e. The molecule has 1 aromatic carbocycles. The highest BCUT2D eigenvalue weighted by Crippen LogP contribution is 2.37. The summed E-state index contributed by atoms with van der Waals surface area (Å²) in [5, 5.41) is 29.8. The molecule has 0 aliphatic carbocycles.